The Labute approximate surface area is 405 Å². The zero-order valence-electron chi connectivity index (χ0n) is 43.0. The molecule has 0 aromatic heterocycles. The fourth-order valence-electron chi connectivity index (χ4n) is 5.88. The second-order valence-electron chi connectivity index (χ2n) is 20.2. The molecule has 12 heteroatoms. The fraction of sp³-hybridized carbons (Fsp3) is 0.729. The average Bonchev–Trinajstić information content (AvgIpc) is 2.97. The first kappa shape index (κ1) is 76.9. The monoisotopic (exact) mass is 1010 g/mol. The van der Waals surface area contributed by atoms with Crippen molar-refractivity contribution in [1.82, 2.24) is 0 Å². The summed E-state index contributed by atoms with van der Waals surface area (Å²) < 4.78 is 0. The van der Waals surface area contributed by atoms with Crippen LogP contribution in [0.2, 0.25) is 0 Å². The van der Waals surface area contributed by atoms with Crippen molar-refractivity contribution in [2.24, 2.45) is 4.99 Å². The summed E-state index contributed by atoms with van der Waals surface area (Å²) in [6, 6.07) is 6.05. The van der Waals surface area contributed by atoms with Gasteiger partial charge in [-0.3, -0.25) is 0 Å². The van der Waals surface area contributed by atoms with E-state index in [1.54, 1.807) is 0 Å². The summed E-state index contributed by atoms with van der Waals surface area (Å²) in [5, 5.41) is 22.8. The molecule has 0 heterocycles. The van der Waals surface area contributed by atoms with Crippen LogP contribution in [0.3, 0.4) is 0 Å². The van der Waals surface area contributed by atoms with Crippen LogP contribution in [0.4, 0.5) is 5.69 Å². The topological polar surface area (TPSA) is 118 Å². The maximum atomic E-state index is 12.0. The number of aliphatic carboxylic acids is 2. The van der Waals surface area contributed by atoms with Gasteiger partial charge in [0.05, 0.1) is 38.4 Å². The predicted molar refractivity (Wildman–Crippen MR) is 263 cm³/mol. The molecule has 60 heavy (non-hydrogen) atoms. The summed E-state index contributed by atoms with van der Waals surface area (Å²) in [6.07, 6.45) is 7.01. The van der Waals surface area contributed by atoms with E-state index in [0.29, 0.717) is 24.2 Å². The van der Waals surface area contributed by atoms with Gasteiger partial charge in [-0.05, 0) is 113 Å². The van der Waals surface area contributed by atoms with Crippen molar-refractivity contribution in [3.63, 3.8) is 0 Å². The average molecular weight is 1020 g/mol. The van der Waals surface area contributed by atoms with Gasteiger partial charge in [-0.15, -0.1) is 5.54 Å². The third kappa shape index (κ3) is 41.6. The molecule has 0 saturated heterocycles. The Hall–Kier alpha value is -0.359. The summed E-state index contributed by atoms with van der Waals surface area (Å²) in [4.78, 5) is 38.0. The Kier molecular flexibility index (Phi) is 47.3. The molecule has 7 nitrogen and oxygen atoms in total. The molecule has 1 aromatic rings. The van der Waals surface area contributed by atoms with Crippen LogP contribution in [0, 0.1) is 19.3 Å². The Bertz CT molecular complexity index is 1230. The maximum absolute atomic E-state index is 12.0. The Morgan fingerprint density at radius 2 is 0.883 bits per heavy atom. The summed E-state index contributed by atoms with van der Waals surface area (Å²) in [6.45, 7) is 54.2. The standard InChI is InChI=1S/C15H21NO2.C14H30NOP.C10H21O2P.3C3H7.3Ni/c1-9(2)12-7-6-8-13(10(3)4)14(12)16-11(5)15(17)18;1-12(2,3)15-11(16)10-17(13(4,5)6)14(7,8)9;1-9(2,3)13(7-8(11)12)10(4,5)6;3*1-3-2;;;/h6-10H,1-5H3,(H,17,18);10H2,1-9H3,(H,15,16);7H2,1-6H3,(H,11,12);3*3H,1-2H3;;;/q;;;3*-1;;;+2/p+1. The molecule has 0 atom stereocenters. The molecule has 0 unspecified atom stereocenters. The van der Waals surface area contributed by atoms with Gasteiger partial charge in [0.25, 0.3) is 0 Å². The molecule has 0 radical (unpaired) electrons. The number of carbonyl (C=O) groups is 3. The largest absolute Gasteiger partial charge is 2.00 e. The first-order valence-electron chi connectivity index (χ1n) is 20.7. The number of para-hydroxylation sites is 1. The summed E-state index contributed by atoms with van der Waals surface area (Å²) >= 11 is 0. The van der Waals surface area contributed by atoms with E-state index in [2.05, 4.69) is 121 Å². The van der Waals surface area contributed by atoms with Crippen LogP contribution in [0.5, 0.6) is 0 Å². The molecule has 0 spiro atoms. The van der Waals surface area contributed by atoms with E-state index in [9.17, 15) is 14.4 Å². The Balaban J connectivity index is -0.000000101. The number of nitrogens with zero attached hydrogens (tertiary/aromatic N) is 2. The first-order valence-corrected chi connectivity index (χ1v) is 24.1. The van der Waals surface area contributed by atoms with Gasteiger partial charge < -0.3 is 39.6 Å². The van der Waals surface area contributed by atoms with E-state index in [4.69, 9.17) is 10.2 Å². The number of amides is 1. The molecule has 0 bridgehead atoms. The Morgan fingerprint density at radius 1 is 0.617 bits per heavy atom. The molecule has 1 amide bonds. The second-order valence-corrected chi connectivity index (χ2v) is 28.8. The zero-order chi connectivity index (χ0) is 46.9. The Morgan fingerprint density at radius 3 is 1.07 bits per heavy atom. The molecular weight excluding hydrogens is 923 g/mol. The number of carbonyl (C=O) groups excluding carboxylic acids is 1. The van der Waals surface area contributed by atoms with Crippen molar-refractivity contribution in [2.45, 2.75) is 218 Å². The van der Waals surface area contributed by atoms with Crippen LogP contribution in [0.25, 0.3) is 5.32 Å². The minimum atomic E-state index is -0.969. The summed E-state index contributed by atoms with van der Waals surface area (Å²) in [7, 11) is -1.66. The number of hydrogen-bond donors (Lipinski definition) is 2. The quantitative estimate of drug-likeness (QED) is 0.116. The predicted octanol–water partition coefficient (Wildman–Crippen LogP) is 15.2. The molecule has 0 aliphatic heterocycles. The molecule has 1 rings (SSSR count). The number of carboxylic acid groups (broad SMARTS) is 2. The van der Waals surface area contributed by atoms with E-state index in [1.807, 2.05) is 99.8 Å². The van der Waals surface area contributed by atoms with Crippen molar-refractivity contribution in [2.75, 3.05) is 12.3 Å². The molecular formula is C48H94N2Ni3O5P2. The third-order valence-electron chi connectivity index (χ3n) is 7.67. The molecule has 2 N–H and O–H groups in total. The number of carboxylic acids is 2. The van der Waals surface area contributed by atoms with Crippen LogP contribution in [-0.2, 0) is 63.9 Å². The van der Waals surface area contributed by atoms with E-state index in [1.165, 1.54) is 6.92 Å². The normalized spacial score (nSPS) is 11.5. The van der Waals surface area contributed by atoms with Crippen LogP contribution in [0.15, 0.2) is 23.2 Å². The minimum Gasteiger partial charge on any atom is -0.646 e. The summed E-state index contributed by atoms with van der Waals surface area (Å²) in [5.74, 6) is -0.897. The van der Waals surface area contributed by atoms with Gasteiger partial charge in [-0.2, -0.15) is 41.5 Å². The van der Waals surface area contributed by atoms with Crippen molar-refractivity contribution >= 4 is 45.1 Å². The van der Waals surface area contributed by atoms with Crippen molar-refractivity contribution < 1.29 is 74.1 Å². The molecule has 0 saturated carbocycles. The summed E-state index contributed by atoms with van der Waals surface area (Å²) in [5.41, 5.74) is 2.90. The minimum absolute atomic E-state index is 0. The van der Waals surface area contributed by atoms with Gasteiger partial charge in [0.2, 0.25) is 0 Å². The van der Waals surface area contributed by atoms with Gasteiger partial charge in [-0.25, -0.2) is 14.6 Å². The van der Waals surface area contributed by atoms with Crippen molar-refractivity contribution in [1.29, 1.82) is 0 Å². The van der Waals surface area contributed by atoms with Crippen LogP contribution in [-0.4, -0.2) is 72.3 Å². The fourth-order valence-corrected chi connectivity index (χ4v) is 13.2. The molecule has 1 aromatic carbocycles. The second kappa shape index (κ2) is 36.9. The number of hydrogen-bond acceptors (Lipinski definition) is 4. The van der Waals surface area contributed by atoms with Gasteiger partial charge in [0.1, 0.15) is 5.71 Å². The molecule has 0 aliphatic rings. The molecule has 0 aliphatic carbocycles. The third-order valence-corrected chi connectivity index (χ3v) is 16.2. The van der Waals surface area contributed by atoms with Crippen molar-refractivity contribution in [3.8, 4) is 0 Å². The van der Waals surface area contributed by atoms with E-state index in [-0.39, 0.29) is 87.3 Å². The number of rotatable bonds is 8. The number of benzene rings is 1. The first-order chi connectivity index (χ1) is 25.4. The number of aliphatic imine (C=N–C) groups is 1. The van der Waals surface area contributed by atoms with Crippen LogP contribution in [0.1, 0.15) is 203 Å². The van der Waals surface area contributed by atoms with Crippen LogP contribution < -0.4 is 0 Å². The smallest absolute Gasteiger partial charge is 0.646 e. The van der Waals surface area contributed by atoms with Gasteiger partial charge >= 0.3 is 28.4 Å². The molecule has 0 fully saturated rings. The maximum Gasteiger partial charge on any atom is 2.00 e. The van der Waals surface area contributed by atoms with E-state index in [0.717, 1.165) is 16.8 Å². The zero-order valence-corrected chi connectivity index (χ0v) is 48.0. The van der Waals surface area contributed by atoms with Gasteiger partial charge in [-0.1, -0.05) is 66.7 Å². The van der Waals surface area contributed by atoms with Gasteiger partial charge in [0, 0.05) is 48.8 Å². The van der Waals surface area contributed by atoms with Crippen LogP contribution >= 0.6 is 15.8 Å². The SMILES string of the molecule is CC(=Nc1c(C(C)C)cccc1C(C)C)C(=O)O.CC(C)(C)[N-]C(=O)C[PH+](C(C)(C)C)C(C)(C)C.CC(C)(C)[PH+](CC(=O)O)C(C)(C)C.C[CH-]C.C[CH-]C.C[CH-]C.[Ni+2].[Ni].[Ni]. The van der Waals surface area contributed by atoms with E-state index >= 15 is 0 Å². The van der Waals surface area contributed by atoms with E-state index < -0.39 is 27.8 Å². The van der Waals surface area contributed by atoms with Gasteiger partial charge in [0.15, 0.2) is 6.16 Å². The molecule has 366 valence electrons. The van der Waals surface area contributed by atoms with Crippen molar-refractivity contribution in [3.05, 3.63) is 53.9 Å².